The summed E-state index contributed by atoms with van der Waals surface area (Å²) in [5.41, 5.74) is 14.2. The predicted molar refractivity (Wildman–Crippen MR) is 256 cm³/mol. The van der Waals surface area contributed by atoms with Crippen molar-refractivity contribution in [1.29, 1.82) is 0 Å². The SMILES string of the molecule is c1ccc(-c2cccc(-c3nc(-c4cccc(-c5ccc6c(c5)c5ccccc5n6-c5ccccc5)c4)nc(-n4c5ccccc5c5cc(-c6ccccc6)ccc54)n3)c2)cc1. The molecule has 12 aromatic rings. The van der Waals surface area contributed by atoms with Crippen molar-refractivity contribution in [3.63, 3.8) is 0 Å². The molecule has 0 saturated heterocycles. The summed E-state index contributed by atoms with van der Waals surface area (Å²) < 4.78 is 4.54. The van der Waals surface area contributed by atoms with E-state index < -0.39 is 0 Å². The molecular weight excluding hydrogens is 755 g/mol. The molecule has 0 unspecified atom stereocenters. The molecule has 0 N–H and O–H groups in total. The van der Waals surface area contributed by atoms with E-state index in [1.807, 2.05) is 6.07 Å². The summed E-state index contributed by atoms with van der Waals surface area (Å²) in [6.07, 6.45) is 0. The standard InChI is InChI=1S/C57H37N5/c1-4-16-38(17-5-1)40-20-14-22-44(34-40)55-58-56(60-57(59-55)62-52-29-13-11-27-48(52)50-36-42(30-33-54(50)62)39-18-6-2-7-19-39)45-23-15-21-41(35-45)43-31-32-53-49(37-43)47-26-10-12-28-51(47)61(53)46-24-8-3-9-25-46/h1-37H. The lowest BCUT2D eigenvalue weighted by Gasteiger charge is -2.12. The summed E-state index contributed by atoms with van der Waals surface area (Å²) in [5.74, 6) is 1.77. The first-order valence-electron chi connectivity index (χ1n) is 20.9. The Bertz CT molecular complexity index is 3620. The second-order valence-corrected chi connectivity index (χ2v) is 15.7. The van der Waals surface area contributed by atoms with E-state index in [4.69, 9.17) is 15.0 Å². The summed E-state index contributed by atoms with van der Waals surface area (Å²) in [6.45, 7) is 0. The Morgan fingerprint density at radius 3 is 1.19 bits per heavy atom. The van der Waals surface area contributed by atoms with Crippen molar-refractivity contribution in [3.8, 4) is 67.8 Å². The van der Waals surface area contributed by atoms with Gasteiger partial charge >= 0.3 is 0 Å². The molecule has 290 valence electrons. The van der Waals surface area contributed by atoms with Crippen molar-refractivity contribution in [3.05, 3.63) is 224 Å². The maximum absolute atomic E-state index is 5.33. The molecule has 0 aliphatic heterocycles. The van der Waals surface area contributed by atoms with Crippen molar-refractivity contribution in [1.82, 2.24) is 24.1 Å². The molecule has 62 heavy (non-hydrogen) atoms. The maximum Gasteiger partial charge on any atom is 0.238 e. The first-order chi connectivity index (χ1) is 30.7. The van der Waals surface area contributed by atoms with E-state index in [1.165, 1.54) is 27.4 Å². The summed E-state index contributed by atoms with van der Waals surface area (Å²) >= 11 is 0. The number of benzene rings is 9. The molecule has 0 bridgehead atoms. The van der Waals surface area contributed by atoms with E-state index in [0.29, 0.717) is 17.6 Å². The third-order valence-corrected chi connectivity index (χ3v) is 12.0. The summed E-state index contributed by atoms with van der Waals surface area (Å²) in [5, 5.41) is 4.71. The van der Waals surface area contributed by atoms with E-state index >= 15 is 0 Å². The number of hydrogen-bond donors (Lipinski definition) is 0. The smallest absolute Gasteiger partial charge is 0.238 e. The van der Waals surface area contributed by atoms with Crippen LogP contribution in [0.15, 0.2) is 224 Å². The van der Waals surface area contributed by atoms with Crippen molar-refractivity contribution >= 4 is 43.6 Å². The monoisotopic (exact) mass is 791 g/mol. The highest BCUT2D eigenvalue weighted by atomic mass is 15.2. The highest BCUT2D eigenvalue weighted by Gasteiger charge is 2.20. The van der Waals surface area contributed by atoms with Gasteiger partial charge in [-0.25, -0.2) is 4.98 Å². The topological polar surface area (TPSA) is 48.5 Å². The van der Waals surface area contributed by atoms with E-state index in [-0.39, 0.29) is 0 Å². The average Bonchev–Trinajstić information content (AvgIpc) is 3.87. The minimum Gasteiger partial charge on any atom is -0.309 e. The second-order valence-electron chi connectivity index (χ2n) is 15.7. The molecule has 0 aliphatic rings. The Morgan fingerprint density at radius 1 is 0.242 bits per heavy atom. The zero-order chi connectivity index (χ0) is 41.0. The lowest BCUT2D eigenvalue weighted by atomic mass is 10.0. The zero-order valence-electron chi connectivity index (χ0n) is 33.6. The van der Waals surface area contributed by atoms with Crippen molar-refractivity contribution in [2.45, 2.75) is 0 Å². The fraction of sp³-hybridized carbons (Fsp3) is 0. The minimum absolute atomic E-state index is 0.564. The first-order valence-corrected chi connectivity index (χ1v) is 20.9. The Balaban J connectivity index is 1.04. The number of fused-ring (bicyclic) bond motifs is 6. The van der Waals surface area contributed by atoms with E-state index in [0.717, 1.165) is 66.4 Å². The van der Waals surface area contributed by atoms with Gasteiger partial charge in [0.2, 0.25) is 5.95 Å². The maximum atomic E-state index is 5.33. The number of rotatable bonds is 7. The van der Waals surface area contributed by atoms with Gasteiger partial charge in [0.05, 0.1) is 22.1 Å². The summed E-state index contributed by atoms with van der Waals surface area (Å²) in [6, 6.07) is 79.3. The quantitative estimate of drug-likeness (QED) is 0.162. The second kappa shape index (κ2) is 14.7. The normalized spacial score (nSPS) is 11.5. The van der Waals surface area contributed by atoms with E-state index in [2.05, 4.69) is 228 Å². The molecule has 9 aromatic carbocycles. The Labute approximate surface area is 358 Å². The van der Waals surface area contributed by atoms with Crippen LogP contribution >= 0.6 is 0 Å². The number of para-hydroxylation sites is 3. The van der Waals surface area contributed by atoms with E-state index in [9.17, 15) is 0 Å². The van der Waals surface area contributed by atoms with Crippen LogP contribution < -0.4 is 0 Å². The van der Waals surface area contributed by atoms with Crippen LogP contribution in [0.3, 0.4) is 0 Å². The van der Waals surface area contributed by atoms with Gasteiger partial charge in [-0.05, 0) is 94.0 Å². The molecule has 12 rings (SSSR count). The molecule has 3 heterocycles. The van der Waals surface area contributed by atoms with Gasteiger partial charge in [0, 0.05) is 38.4 Å². The lowest BCUT2D eigenvalue weighted by molar-refractivity contribution is 0.953. The van der Waals surface area contributed by atoms with Gasteiger partial charge < -0.3 is 4.57 Å². The molecule has 5 nitrogen and oxygen atoms in total. The lowest BCUT2D eigenvalue weighted by Crippen LogP contribution is -2.06. The van der Waals surface area contributed by atoms with Crippen molar-refractivity contribution in [2.75, 3.05) is 0 Å². The van der Waals surface area contributed by atoms with E-state index in [1.54, 1.807) is 0 Å². The molecule has 0 spiro atoms. The van der Waals surface area contributed by atoms with Gasteiger partial charge in [-0.3, -0.25) is 4.57 Å². The van der Waals surface area contributed by atoms with Crippen LogP contribution in [0.2, 0.25) is 0 Å². The van der Waals surface area contributed by atoms with Crippen molar-refractivity contribution in [2.24, 2.45) is 0 Å². The molecule has 0 radical (unpaired) electrons. The minimum atomic E-state index is 0.564. The Hall–Kier alpha value is -8.41. The molecular formula is C57H37N5. The van der Waals surface area contributed by atoms with Crippen molar-refractivity contribution < 1.29 is 0 Å². The Morgan fingerprint density at radius 2 is 0.629 bits per heavy atom. The average molecular weight is 792 g/mol. The predicted octanol–water partition coefficient (Wildman–Crippen LogP) is 14.4. The third kappa shape index (κ3) is 6.06. The van der Waals surface area contributed by atoms with Crippen LogP contribution in [0.5, 0.6) is 0 Å². The largest absolute Gasteiger partial charge is 0.309 e. The molecule has 0 atom stereocenters. The van der Waals surface area contributed by atoms with Crippen LogP contribution in [0.25, 0.3) is 111 Å². The summed E-state index contributed by atoms with van der Waals surface area (Å²) in [7, 11) is 0. The van der Waals surface area contributed by atoms with Gasteiger partial charge in [-0.15, -0.1) is 0 Å². The Kier molecular flexibility index (Phi) is 8.42. The number of hydrogen-bond acceptors (Lipinski definition) is 3. The molecule has 0 amide bonds. The molecule has 5 heteroatoms. The number of nitrogens with zero attached hydrogens (tertiary/aromatic N) is 5. The zero-order valence-corrected chi connectivity index (χ0v) is 33.6. The molecule has 3 aromatic heterocycles. The fourth-order valence-electron chi connectivity index (χ4n) is 9.04. The van der Waals surface area contributed by atoms with Crippen LogP contribution in [0.1, 0.15) is 0 Å². The molecule has 0 fully saturated rings. The van der Waals surface area contributed by atoms with Crippen LogP contribution in [0.4, 0.5) is 0 Å². The van der Waals surface area contributed by atoms with Gasteiger partial charge in [-0.2, -0.15) is 9.97 Å². The fourth-order valence-corrected chi connectivity index (χ4v) is 9.04. The molecule has 0 aliphatic carbocycles. The van der Waals surface area contributed by atoms with Gasteiger partial charge in [0.15, 0.2) is 11.6 Å². The van der Waals surface area contributed by atoms with Gasteiger partial charge in [-0.1, -0.05) is 164 Å². The van der Waals surface area contributed by atoms with Gasteiger partial charge in [0.1, 0.15) is 0 Å². The van der Waals surface area contributed by atoms with Crippen LogP contribution in [-0.2, 0) is 0 Å². The number of aromatic nitrogens is 5. The summed E-state index contributed by atoms with van der Waals surface area (Å²) in [4.78, 5) is 15.9. The van der Waals surface area contributed by atoms with Crippen LogP contribution in [0, 0.1) is 0 Å². The highest BCUT2D eigenvalue weighted by molar-refractivity contribution is 6.11. The van der Waals surface area contributed by atoms with Gasteiger partial charge in [0.25, 0.3) is 0 Å². The third-order valence-electron chi connectivity index (χ3n) is 12.0. The highest BCUT2D eigenvalue weighted by Crippen LogP contribution is 2.38. The molecule has 0 saturated carbocycles. The first kappa shape index (κ1) is 35.5. The van der Waals surface area contributed by atoms with Crippen LogP contribution in [-0.4, -0.2) is 24.1 Å².